The summed E-state index contributed by atoms with van der Waals surface area (Å²) in [6.45, 7) is 15.6. The van der Waals surface area contributed by atoms with Gasteiger partial charge in [-0.05, 0) is 87.0 Å². The highest BCUT2D eigenvalue weighted by Gasteiger charge is 2.24. The van der Waals surface area contributed by atoms with Gasteiger partial charge in [-0.25, -0.2) is 0 Å². The summed E-state index contributed by atoms with van der Waals surface area (Å²) in [5.41, 5.74) is 10.5. The van der Waals surface area contributed by atoms with E-state index >= 15 is 0 Å². The lowest BCUT2D eigenvalue weighted by atomic mass is 9.79. The molecule has 2 heterocycles. The van der Waals surface area contributed by atoms with Crippen LogP contribution in [0.3, 0.4) is 0 Å². The van der Waals surface area contributed by atoms with Gasteiger partial charge in [0.1, 0.15) is 0 Å². The summed E-state index contributed by atoms with van der Waals surface area (Å²) in [5, 5.41) is 9.31. The van der Waals surface area contributed by atoms with E-state index in [1.54, 1.807) is 0 Å². The number of carbonyl (C=O) groups excluding carboxylic acids is 2. The summed E-state index contributed by atoms with van der Waals surface area (Å²) in [7, 11) is 0. The highest BCUT2D eigenvalue weighted by molar-refractivity contribution is 5.69. The van der Waals surface area contributed by atoms with E-state index in [1.165, 1.54) is 76.3 Å². The third kappa shape index (κ3) is 22.2. The molecule has 0 aromatic carbocycles. The van der Waals surface area contributed by atoms with E-state index in [0.717, 1.165) is 116 Å². The van der Waals surface area contributed by atoms with Crippen LogP contribution in [-0.4, -0.2) is 85.9 Å². The second-order valence-electron chi connectivity index (χ2n) is 15.6. The van der Waals surface area contributed by atoms with Crippen LogP contribution in [0.1, 0.15) is 168 Å². The Hall–Kier alpha value is -2.10. The van der Waals surface area contributed by atoms with Crippen molar-refractivity contribution >= 4 is 11.9 Å². The van der Waals surface area contributed by atoms with E-state index in [4.69, 9.17) is 9.47 Å². The normalized spacial score (nSPS) is 24.2. The van der Waals surface area contributed by atoms with E-state index in [0.29, 0.717) is 26.1 Å². The Bertz CT molecular complexity index is 998. The molecule has 0 aromatic heterocycles. The second-order valence-corrected chi connectivity index (χ2v) is 15.6. The number of unbranched alkanes of at least 4 members (excludes halogenated alkanes) is 4. The number of hydrogen-bond acceptors (Lipinski definition) is 7. The minimum absolute atomic E-state index is 0.0774. The first-order valence-corrected chi connectivity index (χ1v) is 21.8. The summed E-state index contributed by atoms with van der Waals surface area (Å²) >= 11 is 0. The number of rotatable bonds is 12. The van der Waals surface area contributed by atoms with E-state index < -0.39 is 0 Å². The van der Waals surface area contributed by atoms with Crippen molar-refractivity contribution < 1.29 is 24.2 Å². The van der Waals surface area contributed by atoms with Crippen LogP contribution in [-0.2, 0) is 19.1 Å². The van der Waals surface area contributed by atoms with Crippen LogP contribution in [0.5, 0.6) is 0 Å². The summed E-state index contributed by atoms with van der Waals surface area (Å²) in [6.07, 6.45) is 25.4. The smallest absolute Gasteiger partial charge is 0.305 e. The van der Waals surface area contributed by atoms with Gasteiger partial charge in [0.15, 0.2) is 0 Å². The molecule has 2 aliphatic rings. The lowest BCUT2D eigenvalue weighted by Crippen LogP contribution is -2.48. The number of esters is 2. The lowest BCUT2D eigenvalue weighted by Gasteiger charge is -2.36. The third-order valence-corrected chi connectivity index (χ3v) is 11.3. The van der Waals surface area contributed by atoms with Crippen LogP contribution in [0.25, 0.3) is 0 Å². The van der Waals surface area contributed by atoms with Gasteiger partial charge < -0.3 is 19.5 Å². The van der Waals surface area contributed by atoms with Crippen molar-refractivity contribution in [3.63, 3.8) is 0 Å². The highest BCUT2D eigenvalue weighted by atomic mass is 16.5. The Morgan fingerprint density at radius 1 is 0.673 bits per heavy atom. The fourth-order valence-electron chi connectivity index (χ4n) is 8.11. The Balaban J connectivity index is 2.05. The Morgan fingerprint density at radius 2 is 1.15 bits per heavy atom. The maximum Gasteiger partial charge on any atom is 0.305 e. The van der Waals surface area contributed by atoms with Crippen molar-refractivity contribution in [2.24, 2.45) is 17.8 Å². The van der Waals surface area contributed by atoms with E-state index in [9.17, 15) is 14.7 Å². The predicted molar refractivity (Wildman–Crippen MR) is 214 cm³/mol. The molecule has 0 aromatic rings. The van der Waals surface area contributed by atoms with E-state index in [-0.39, 0.29) is 30.4 Å². The number of aliphatic hydroxyl groups excluding tert-OH is 1. The van der Waals surface area contributed by atoms with Crippen LogP contribution >= 0.6 is 0 Å². The third-order valence-electron chi connectivity index (χ3n) is 11.3. The zero-order valence-electron chi connectivity index (χ0n) is 33.7. The van der Waals surface area contributed by atoms with E-state index in [1.807, 2.05) is 0 Å². The molecule has 0 aliphatic carbocycles. The van der Waals surface area contributed by atoms with Crippen molar-refractivity contribution in [2.75, 3.05) is 59.1 Å². The molecule has 0 spiro atoms. The maximum atomic E-state index is 12.8. The molecule has 2 fully saturated rings. The van der Waals surface area contributed by atoms with Crippen molar-refractivity contribution in [1.29, 1.82) is 0 Å². The average molecular weight is 727 g/mol. The summed E-state index contributed by atoms with van der Waals surface area (Å²) < 4.78 is 11.7. The number of aliphatic hydroxyl groups is 1. The van der Waals surface area contributed by atoms with Gasteiger partial charge in [-0.2, -0.15) is 0 Å². The quantitative estimate of drug-likeness (QED) is 0.122. The highest BCUT2D eigenvalue weighted by Crippen LogP contribution is 2.33. The molecule has 2 unspecified atom stereocenters. The molecule has 0 bridgehead atoms. The molecule has 7 heteroatoms. The zero-order valence-corrected chi connectivity index (χ0v) is 33.7. The minimum atomic E-state index is -0.0774. The monoisotopic (exact) mass is 727 g/mol. The fraction of sp³-hybridized carbons (Fsp3) is 0.844. The van der Waals surface area contributed by atoms with Gasteiger partial charge in [0.05, 0.1) is 19.8 Å². The maximum absolute atomic E-state index is 12.8. The first kappa shape index (κ1) is 46.1. The van der Waals surface area contributed by atoms with E-state index in [2.05, 4.69) is 47.4 Å². The van der Waals surface area contributed by atoms with Crippen LogP contribution in [0.2, 0.25) is 0 Å². The standard InChI is InChI=1S/C45H78N2O5/c1-4-7-16-24-41-29-37-51-44(49)27-20-14-10-12-18-22-40(39-47-33-31-46(32-34-47)35-36-48)23-19-13-11-15-21-28-45(50)52-38-30-42(25-17-8-5-2)43(41)26-9-6-3/h40-42,48H,3-5,7-8,10-25,27-39H2,1-2H3. The molecule has 2 saturated heterocycles. The number of allylic oxidation sites excluding steroid dienone is 1. The van der Waals surface area contributed by atoms with Crippen LogP contribution < -0.4 is 0 Å². The zero-order chi connectivity index (χ0) is 37.5. The van der Waals surface area contributed by atoms with Crippen molar-refractivity contribution in [1.82, 2.24) is 9.80 Å². The molecular formula is C45H78N2O5. The number of piperazine rings is 1. The van der Waals surface area contributed by atoms with Gasteiger partial charge in [-0.3, -0.25) is 14.5 Å². The van der Waals surface area contributed by atoms with Crippen molar-refractivity contribution in [2.45, 2.75) is 168 Å². The first-order valence-electron chi connectivity index (χ1n) is 21.8. The van der Waals surface area contributed by atoms with Crippen LogP contribution in [0.4, 0.5) is 0 Å². The number of cyclic esters (lactones) is 2. The van der Waals surface area contributed by atoms with Gasteiger partial charge in [0.2, 0.25) is 0 Å². The fourth-order valence-corrected chi connectivity index (χ4v) is 8.11. The lowest BCUT2D eigenvalue weighted by molar-refractivity contribution is -0.144. The molecule has 1 N–H and O–H groups in total. The molecule has 0 radical (unpaired) electrons. The molecule has 2 rings (SSSR count). The molecular weight excluding hydrogens is 649 g/mol. The van der Waals surface area contributed by atoms with Gasteiger partial charge >= 0.3 is 11.9 Å². The second kappa shape index (κ2) is 31.3. The Morgan fingerprint density at radius 3 is 1.63 bits per heavy atom. The van der Waals surface area contributed by atoms with Crippen molar-refractivity contribution in [3.05, 3.63) is 29.3 Å². The molecule has 0 saturated carbocycles. The van der Waals surface area contributed by atoms with Crippen LogP contribution in [0, 0.1) is 17.8 Å². The predicted octanol–water partition coefficient (Wildman–Crippen LogP) is 9.97. The Labute approximate surface area is 319 Å². The minimum Gasteiger partial charge on any atom is -0.466 e. The average Bonchev–Trinajstić information content (AvgIpc) is 3.14. The van der Waals surface area contributed by atoms with Gasteiger partial charge in [0, 0.05) is 52.1 Å². The Kier molecular flexibility index (Phi) is 27.7. The number of β-amino-alcohol motifs (C(OH)–C–C–N with tert-alkyl or cyclic N) is 1. The number of carbonyl (C=O) groups is 2. The largest absolute Gasteiger partial charge is 0.466 e. The van der Waals surface area contributed by atoms with Gasteiger partial charge in [-0.1, -0.05) is 115 Å². The molecule has 7 nitrogen and oxygen atoms in total. The molecule has 52 heavy (non-hydrogen) atoms. The summed E-state index contributed by atoms with van der Waals surface area (Å²) in [5.74, 6) is 1.04. The van der Waals surface area contributed by atoms with Crippen LogP contribution in [0.15, 0.2) is 29.3 Å². The molecule has 0 amide bonds. The molecule has 2 atom stereocenters. The van der Waals surface area contributed by atoms with Gasteiger partial charge in [0.25, 0.3) is 0 Å². The molecule has 298 valence electrons. The number of nitrogens with zero attached hydrogens (tertiary/aromatic N) is 2. The first-order chi connectivity index (χ1) is 25.5. The topological polar surface area (TPSA) is 79.3 Å². The van der Waals surface area contributed by atoms with Gasteiger partial charge in [-0.15, -0.1) is 0 Å². The number of ether oxygens (including phenoxy) is 2. The van der Waals surface area contributed by atoms with Crippen molar-refractivity contribution in [3.8, 4) is 0 Å². The summed E-state index contributed by atoms with van der Waals surface area (Å²) in [4.78, 5) is 30.6. The molecule has 2 aliphatic heterocycles. The summed E-state index contributed by atoms with van der Waals surface area (Å²) in [6, 6.07) is 0. The SMILES string of the molecule is C=C=C=C=C1C(CCCCC)CCOC(=O)CCCCCCCC(CN2CCN(CCO)CC2)CCCCCCCC(=O)OCCC1CCCCC. The number of hydrogen-bond donors (Lipinski definition) is 1.